The molecule has 0 fully saturated rings. The van der Waals surface area contributed by atoms with Gasteiger partial charge in [-0.05, 0) is 55.5 Å². The summed E-state index contributed by atoms with van der Waals surface area (Å²) in [6, 6.07) is 0. The van der Waals surface area contributed by atoms with Crippen LogP contribution in [0.3, 0.4) is 0 Å². The maximum atomic E-state index is 14.0. The van der Waals surface area contributed by atoms with Crippen LogP contribution in [-0.4, -0.2) is 38.7 Å². The maximum Gasteiger partial charge on any atom is 0.232 e. The number of halogens is 2. The second-order valence-electron chi connectivity index (χ2n) is 9.57. The normalized spacial score (nSPS) is 11.8. The van der Waals surface area contributed by atoms with E-state index >= 15 is 0 Å². The lowest BCUT2D eigenvalue weighted by atomic mass is 9.82. The average molecular weight is 676 g/mol. The summed E-state index contributed by atoms with van der Waals surface area (Å²) in [5, 5.41) is 26.0. The molecule has 0 amide bonds. The first kappa shape index (κ1) is 28.3. The summed E-state index contributed by atoms with van der Waals surface area (Å²) in [4.78, 5) is 28.0. The van der Waals surface area contributed by atoms with Gasteiger partial charge < -0.3 is 29.2 Å². The summed E-state index contributed by atoms with van der Waals surface area (Å²) in [6.45, 7) is 3.99. The zero-order valence-corrected chi connectivity index (χ0v) is 26.1. The van der Waals surface area contributed by atoms with Gasteiger partial charge in [0.05, 0.1) is 39.2 Å². The largest absolute Gasteiger partial charge is 0.506 e. The van der Waals surface area contributed by atoms with Gasteiger partial charge in [-0.25, -0.2) is 0 Å². The van der Waals surface area contributed by atoms with Crippen molar-refractivity contribution >= 4 is 74.9 Å². The lowest BCUT2D eigenvalue weighted by Crippen LogP contribution is -2.15. The quantitative estimate of drug-likeness (QED) is 0.137. The van der Waals surface area contributed by atoms with Crippen LogP contribution < -0.4 is 29.8 Å². The minimum Gasteiger partial charge on any atom is -0.506 e. The van der Waals surface area contributed by atoms with Crippen molar-refractivity contribution in [2.75, 3.05) is 28.4 Å². The van der Waals surface area contributed by atoms with Crippen molar-refractivity contribution < 1.29 is 29.2 Å². The van der Waals surface area contributed by atoms with Gasteiger partial charge in [-0.1, -0.05) is 26.7 Å². The fourth-order valence-corrected chi connectivity index (χ4v) is 7.28. The van der Waals surface area contributed by atoms with Gasteiger partial charge in [0.1, 0.15) is 31.9 Å². The van der Waals surface area contributed by atoms with E-state index in [0.717, 1.165) is 0 Å². The van der Waals surface area contributed by atoms with Crippen LogP contribution in [0, 0.1) is 0 Å². The molecule has 210 valence electrons. The molecule has 5 aromatic rings. The number of hydrogen-bond donors (Lipinski definition) is 2. The Balaban J connectivity index is 2.44. The minimum absolute atomic E-state index is 0.0482. The zero-order chi connectivity index (χ0) is 29.2. The molecule has 2 N–H and O–H groups in total. The average Bonchev–Trinajstić information content (AvgIpc) is 2.93. The molecule has 0 aliphatic carbocycles. The molecule has 8 nitrogen and oxygen atoms in total. The highest BCUT2D eigenvalue weighted by molar-refractivity contribution is 9.11. The first-order valence-electron chi connectivity index (χ1n) is 12.8. The van der Waals surface area contributed by atoms with Crippen molar-refractivity contribution in [1.29, 1.82) is 0 Å². The summed E-state index contributed by atoms with van der Waals surface area (Å²) >= 11 is 6.87. The molecule has 0 spiro atoms. The number of rotatable bonds is 8. The third-order valence-electron chi connectivity index (χ3n) is 7.58. The van der Waals surface area contributed by atoms with Crippen molar-refractivity contribution in [1.82, 2.24) is 0 Å². The highest BCUT2D eigenvalue weighted by atomic mass is 79.9. The molecule has 0 bridgehead atoms. The van der Waals surface area contributed by atoms with E-state index in [4.69, 9.17) is 18.9 Å². The molecule has 0 unspecified atom stereocenters. The van der Waals surface area contributed by atoms with Crippen molar-refractivity contribution in [3.8, 4) is 34.5 Å². The van der Waals surface area contributed by atoms with Crippen molar-refractivity contribution in [3.63, 3.8) is 0 Å². The molecule has 0 atom stereocenters. The van der Waals surface area contributed by atoms with Crippen LogP contribution in [0.1, 0.15) is 37.8 Å². The third kappa shape index (κ3) is 3.48. The molecule has 5 aromatic carbocycles. The van der Waals surface area contributed by atoms with Crippen molar-refractivity contribution in [2.24, 2.45) is 0 Å². The molecule has 10 heteroatoms. The smallest absolute Gasteiger partial charge is 0.232 e. The maximum absolute atomic E-state index is 14.0. The van der Waals surface area contributed by atoms with Crippen LogP contribution in [0.5, 0.6) is 34.5 Å². The van der Waals surface area contributed by atoms with E-state index in [2.05, 4.69) is 31.9 Å². The van der Waals surface area contributed by atoms with Gasteiger partial charge in [0.25, 0.3) is 0 Å². The summed E-state index contributed by atoms with van der Waals surface area (Å²) in [6.07, 6.45) is 2.33. The van der Waals surface area contributed by atoms with Crippen LogP contribution in [0.4, 0.5) is 0 Å². The van der Waals surface area contributed by atoms with Crippen LogP contribution in [0.25, 0.3) is 43.1 Å². The predicted molar refractivity (Wildman–Crippen MR) is 164 cm³/mol. The number of hydrogen-bond acceptors (Lipinski definition) is 8. The Morgan fingerprint density at radius 1 is 0.525 bits per heavy atom. The Morgan fingerprint density at radius 3 is 1.12 bits per heavy atom. The Labute approximate surface area is 246 Å². The van der Waals surface area contributed by atoms with Crippen molar-refractivity contribution in [3.05, 3.63) is 40.5 Å². The Bertz CT molecular complexity index is 1810. The topological polar surface area (TPSA) is 112 Å². The van der Waals surface area contributed by atoms with E-state index in [9.17, 15) is 19.8 Å². The van der Waals surface area contributed by atoms with Gasteiger partial charge in [-0.2, -0.15) is 0 Å². The summed E-state index contributed by atoms with van der Waals surface area (Å²) < 4.78 is 23.4. The summed E-state index contributed by atoms with van der Waals surface area (Å²) in [5.41, 5.74) is 0.346. The zero-order valence-electron chi connectivity index (χ0n) is 22.9. The number of phenolic OH excluding ortho intramolecular Hbond substituents is 2. The fourth-order valence-electron chi connectivity index (χ4n) is 6.16. The molecule has 0 saturated carbocycles. The SMILES string of the molecule is CCCc1c(OC)c(=O)c2c(O)c(Br)c(OC)c3c4c(OC)c(Br)c(O)c5c(=O)c(OC)c(CCC)c(c1c23)c54. The Morgan fingerprint density at radius 2 is 0.850 bits per heavy atom. The molecule has 0 aliphatic rings. The Kier molecular flexibility index (Phi) is 7.29. The van der Waals surface area contributed by atoms with E-state index in [1.165, 1.54) is 28.4 Å². The van der Waals surface area contributed by atoms with E-state index in [1.54, 1.807) is 0 Å². The molecule has 0 aromatic heterocycles. The summed E-state index contributed by atoms with van der Waals surface area (Å²) in [5.74, 6) is 0.150. The van der Waals surface area contributed by atoms with E-state index in [0.29, 0.717) is 69.1 Å². The van der Waals surface area contributed by atoms with Gasteiger partial charge in [0, 0.05) is 32.7 Å². The van der Waals surface area contributed by atoms with Gasteiger partial charge in [0.15, 0.2) is 11.5 Å². The van der Waals surface area contributed by atoms with Gasteiger partial charge in [-0.3, -0.25) is 9.59 Å². The fraction of sp³-hybridized carbons (Fsp3) is 0.333. The number of benzene rings is 5. The number of methoxy groups -OCH3 is 4. The summed E-state index contributed by atoms with van der Waals surface area (Å²) in [7, 11) is 5.77. The molecule has 40 heavy (non-hydrogen) atoms. The minimum atomic E-state index is -0.465. The number of aromatic hydroxyl groups is 2. The highest BCUT2D eigenvalue weighted by Crippen LogP contribution is 2.57. The molecule has 0 saturated heterocycles. The number of aryl methyl sites for hydroxylation is 2. The van der Waals surface area contributed by atoms with Crippen LogP contribution in [0.2, 0.25) is 0 Å². The number of fused-ring (bicyclic) bond motifs is 2. The second-order valence-corrected chi connectivity index (χ2v) is 11.2. The first-order chi connectivity index (χ1) is 19.2. The predicted octanol–water partition coefficient (Wildman–Crippen LogP) is 6.77. The van der Waals surface area contributed by atoms with Gasteiger partial charge >= 0.3 is 0 Å². The molecule has 0 aliphatic heterocycles. The molecular formula is C30H28Br2O8. The highest BCUT2D eigenvalue weighted by Gasteiger charge is 2.34. The van der Waals surface area contributed by atoms with Crippen molar-refractivity contribution in [2.45, 2.75) is 39.5 Å². The van der Waals surface area contributed by atoms with Crippen LogP contribution >= 0.6 is 31.9 Å². The van der Waals surface area contributed by atoms with Gasteiger partial charge in [0.2, 0.25) is 10.9 Å². The first-order valence-corrected chi connectivity index (χ1v) is 14.4. The van der Waals surface area contributed by atoms with E-state index < -0.39 is 10.9 Å². The van der Waals surface area contributed by atoms with Crippen LogP contribution in [-0.2, 0) is 12.8 Å². The number of phenols is 2. The lowest BCUT2D eigenvalue weighted by molar-refractivity contribution is 0.403. The number of ether oxygens (including phenoxy) is 4. The van der Waals surface area contributed by atoms with Gasteiger partial charge in [-0.15, -0.1) is 0 Å². The third-order valence-corrected chi connectivity index (χ3v) is 9.05. The molecule has 0 radical (unpaired) electrons. The molecule has 0 heterocycles. The molecular weight excluding hydrogens is 648 g/mol. The van der Waals surface area contributed by atoms with Crippen LogP contribution in [0.15, 0.2) is 18.5 Å². The standard InChI is InChI=1S/C30H28Br2O8/c1-7-9-11-13-14-12(10-8-2)28(38-4)26(36)20-16(14)18(30(40-6)22(32)24(20)34)17-15(13)19(25(35)27(11)37-3)23(33)21(31)29(17)39-5/h33-34H,7-10H2,1-6H3. The van der Waals surface area contributed by atoms with E-state index in [-0.39, 0.29) is 54.2 Å². The monoisotopic (exact) mass is 674 g/mol. The van der Waals surface area contributed by atoms with E-state index in [1.807, 2.05) is 13.8 Å². The second kappa shape index (κ2) is 10.3. The Hall–Kier alpha value is -3.24. The molecule has 5 rings (SSSR count). The lowest BCUT2D eigenvalue weighted by Gasteiger charge is -2.25.